The Labute approximate surface area is 76.0 Å². The van der Waals surface area contributed by atoms with Gasteiger partial charge in [-0.05, 0) is 18.1 Å². The van der Waals surface area contributed by atoms with Gasteiger partial charge in [0.15, 0.2) is 6.29 Å². The maximum atomic E-state index is 10.3. The monoisotopic (exact) mass is 170 g/mol. The summed E-state index contributed by atoms with van der Waals surface area (Å²) in [6.07, 6.45) is 0.836. The van der Waals surface area contributed by atoms with Gasteiger partial charge >= 0.3 is 0 Å². The highest BCUT2D eigenvalue weighted by molar-refractivity contribution is 5.71. The van der Waals surface area contributed by atoms with E-state index in [4.69, 9.17) is 5.26 Å². The van der Waals surface area contributed by atoms with Gasteiger partial charge in [0, 0.05) is 0 Å². The Morgan fingerprint density at radius 2 is 2.38 bits per heavy atom. The Morgan fingerprint density at radius 3 is 3.08 bits per heavy atom. The summed E-state index contributed by atoms with van der Waals surface area (Å²) in [5.41, 5.74) is 0.864. The largest absolute Gasteiger partial charge is 0.296 e. The van der Waals surface area contributed by atoms with Gasteiger partial charge in [-0.3, -0.25) is 4.79 Å². The number of aromatic nitrogens is 1. The fourth-order valence-corrected chi connectivity index (χ4v) is 0.761. The third-order valence-corrected chi connectivity index (χ3v) is 1.28. The number of carbonyl (C=O) groups is 1. The molecular formula is C10H6N2O. The fourth-order valence-electron chi connectivity index (χ4n) is 0.761. The first kappa shape index (κ1) is 8.96. The molecule has 0 aliphatic rings. The van der Waals surface area contributed by atoms with Crippen molar-refractivity contribution >= 4 is 6.29 Å². The van der Waals surface area contributed by atoms with E-state index in [9.17, 15) is 4.79 Å². The molecule has 0 aliphatic carbocycles. The van der Waals surface area contributed by atoms with Gasteiger partial charge in [0.2, 0.25) is 0 Å². The number of carbonyl (C=O) groups excluding carboxylic acids is 1. The molecule has 0 bridgehead atoms. The Morgan fingerprint density at radius 1 is 1.54 bits per heavy atom. The Hall–Kier alpha value is -2.13. The second kappa shape index (κ2) is 4.69. The van der Waals surface area contributed by atoms with Crippen LogP contribution in [-0.4, -0.2) is 11.3 Å². The molecule has 1 rings (SSSR count). The molecule has 13 heavy (non-hydrogen) atoms. The molecule has 1 aromatic heterocycles. The van der Waals surface area contributed by atoms with E-state index in [0.717, 1.165) is 0 Å². The quantitative estimate of drug-likeness (QED) is 0.469. The van der Waals surface area contributed by atoms with Crippen molar-refractivity contribution in [2.75, 3.05) is 0 Å². The van der Waals surface area contributed by atoms with Gasteiger partial charge in [-0.1, -0.05) is 12.0 Å². The van der Waals surface area contributed by atoms with E-state index in [-0.39, 0.29) is 6.42 Å². The zero-order chi connectivity index (χ0) is 9.52. The Kier molecular flexibility index (Phi) is 3.23. The van der Waals surface area contributed by atoms with Crippen LogP contribution in [0.2, 0.25) is 0 Å². The molecule has 3 heteroatoms. The van der Waals surface area contributed by atoms with Gasteiger partial charge in [0.05, 0.1) is 12.5 Å². The minimum absolute atomic E-state index is 0.174. The van der Waals surface area contributed by atoms with Crippen molar-refractivity contribution in [2.24, 2.45) is 0 Å². The molecule has 62 valence electrons. The van der Waals surface area contributed by atoms with Gasteiger partial charge in [0.25, 0.3) is 0 Å². The lowest BCUT2D eigenvalue weighted by Gasteiger charge is -1.89. The van der Waals surface area contributed by atoms with Crippen LogP contribution in [0.25, 0.3) is 0 Å². The zero-order valence-electron chi connectivity index (χ0n) is 6.82. The van der Waals surface area contributed by atoms with Crippen molar-refractivity contribution in [1.82, 2.24) is 4.98 Å². The molecule has 1 heterocycles. The van der Waals surface area contributed by atoms with Crippen molar-refractivity contribution in [3.05, 3.63) is 29.6 Å². The fraction of sp³-hybridized carbons (Fsp3) is 0.100. The maximum Gasteiger partial charge on any atom is 0.168 e. The van der Waals surface area contributed by atoms with E-state index in [2.05, 4.69) is 16.8 Å². The first-order chi connectivity index (χ1) is 6.36. The van der Waals surface area contributed by atoms with Gasteiger partial charge in [-0.15, -0.1) is 0 Å². The van der Waals surface area contributed by atoms with Gasteiger partial charge in [-0.25, -0.2) is 4.98 Å². The summed E-state index contributed by atoms with van der Waals surface area (Å²) in [5.74, 6) is 5.29. The van der Waals surface area contributed by atoms with Crippen LogP contribution in [0.4, 0.5) is 0 Å². The van der Waals surface area contributed by atoms with E-state index in [1.165, 1.54) is 0 Å². The number of rotatable bonds is 1. The molecular weight excluding hydrogens is 164 g/mol. The van der Waals surface area contributed by atoms with E-state index >= 15 is 0 Å². The highest BCUT2D eigenvalue weighted by Crippen LogP contribution is 1.94. The lowest BCUT2D eigenvalue weighted by atomic mass is 10.3. The van der Waals surface area contributed by atoms with Crippen molar-refractivity contribution in [3.63, 3.8) is 0 Å². The molecule has 0 amide bonds. The van der Waals surface area contributed by atoms with E-state index < -0.39 is 0 Å². The summed E-state index contributed by atoms with van der Waals surface area (Å²) in [5, 5.41) is 8.22. The third-order valence-electron chi connectivity index (χ3n) is 1.28. The Balaban J connectivity index is 2.86. The van der Waals surface area contributed by atoms with Crippen LogP contribution in [-0.2, 0) is 0 Å². The summed E-state index contributed by atoms with van der Waals surface area (Å²) < 4.78 is 0. The second-order valence-corrected chi connectivity index (χ2v) is 2.20. The smallest absolute Gasteiger partial charge is 0.168 e. The first-order valence-corrected chi connectivity index (χ1v) is 3.65. The molecule has 0 radical (unpaired) electrons. The second-order valence-electron chi connectivity index (χ2n) is 2.20. The predicted molar refractivity (Wildman–Crippen MR) is 46.7 cm³/mol. The lowest BCUT2D eigenvalue weighted by molar-refractivity contribution is 0.111. The molecule has 0 N–H and O–H groups in total. The number of nitriles is 1. The van der Waals surface area contributed by atoms with Crippen molar-refractivity contribution in [1.29, 1.82) is 5.26 Å². The molecule has 0 saturated heterocycles. The molecule has 0 aromatic carbocycles. The van der Waals surface area contributed by atoms with Gasteiger partial charge in [0.1, 0.15) is 11.4 Å². The van der Waals surface area contributed by atoms with Gasteiger partial charge in [-0.2, -0.15) is 5.26 Å². The van der Waals surface area contributed by atoms with Crippen LogP contribution in [0.1, 0.15) is 22.6 Å². The predicted octanol–water partition coefficient (Wildman–Crippen LogP) is 1.16. The molecule has 0 spiro atoms. The van der Waals surface area contributed by atoms with Crippen molar-refractivity contribution < 1.29 is 4.79 Å². The minimum Gasteiger partial charge on any atom is -0.296 e. The summed E-state index contributed by atoms with van der Waals surface area (Å²) >= 11 is 0. The highest BCUT2D eigenvalue weighted by atomic mass is 16.1. The molecule has 0 fully saturated rings. The van der Waals surface area contributed by atoms with Crippen LogP contribution in [0, 0.1) is 23.2 Å². The van der Waals surface area contributed by atoms with Crippen LogP contribution >= 0.6 is 0 Å². The molecule has 0 unspecified atom stereocenters. The van der Waals surface area contributed by atoms with Crippen molar-refractivity contribution in [3.8, 4) is 17.9 Å². The number of pyridine rings is 1. The van der Waals surface area contributed by atoms with Crippen LogP contribution < -0.4 is 0 Å². The summed E-state index contributed by atoms with van der Waals surface area (Å²) in [4.78, 5) is 14.2. The SMILES string of the molecule is N#CCC#Cc1cccc(C=O)n1. The van der Waals surface area contributed by atoms with Crippen LogP contribution in [0.5, 0.6) is 0 Å². The number of hydrogen-bond donors (Lipinski definition) is 0. The van der Waals surface area contributed by atoms with E-state index in [1.54, 1.807) is 18.2 Å². The third kappa shape index (κ3) is 2.76. The van der Waals surface area contributed by atoms with E-state index in [1.807, 2.05) is 6.07 Å². The number of hydrogen-bond acceptors (Lipinski definition) is 3. The summed E-state index contributed by atoms with van der Waals surface area (Å²) in [6, 6.07) is 6.89. The summed E-state index contributed by atoms with van der Waals surface area (Å²) in [7, 11) is 0. The molecule has 0 aliphatic heterocycles. The topological polar surface area (TPSA) is 53.8 Å². The average Bonchev–Trinajstić information content (AvgIpc) is 2.19. The average molecular weight is 170 g/mol. The van der Waals surface area contributed by atoms with Crippen LogP contribution in [0.3, 0.4) is 0 Å². The number of aldehydes is 1. The molecule has 0 saturated carbocycles. The number of nitrogens with zero attached hydrogens (tertiary/aromatic N) is 2. The highest BCUT2D eigenvalue weighted by Gasteiger charge is 1.91. The maximum absolute atomic E-state index is 10.3. The van der Waals surface area contributed by atoms with Gasteiger partial charge < -0.3 is 0 Å². The standard InChI is InChI=1S/C10H6N2O/c11-7-2-1-4-9-5-3-6-10(8-13)12-9/h3,5-6,8H,2H2. The molecule has 1 aromatic rings. The molecule has 0 atom stereocenters. The Bertz CT molecular complexity index is 407. The minimum atomic E-state index is 0.174. The summed E-state index contributed by atoms with van der Waals surface area (Å²) in [6.45, 7) is 0. The first-order valence-electron chi connectivity index (χ1n) is 3.65. The molecule has 3 nitrogen and oxygen atoms in total. The normalized spacial score (nSPS) is 7.92. The van der Waals surface area contributed by atoms with Crippen molar-refractivity contribution in [2.45, 2.75) is 6.42 Å². The van der Waals surface area contributed by atoms with E-state index in [0.29, 0.717) is 17.7 Å². The lowest BCUT2D eigenvalue weighted by Crippen LogP contribution is -1.88. The van der Waals surface area contributed by atoms with Crippen LogP contribution in [0.15, 0.2) is 18.2 Å². The zero-order valence-corrected chi connectivity index (χ0v) is 6.82.